The topological polar surface area (TPSA) is 53.0 Å². The maximum atomic E-state index is 13.1. The maximum Gasteiger partial charge on any atom is 0.224 e. The number of benzene rings is 2. The van der Waals surface area contributed by atoms with Gasteiger partial charge >= 0.3 is 0 Å². The largest absolute Gasteiger partial charge is 0.497 e. The lowest BCUT2D eigenvalue weighted by Gasteiger charge is -2.32. The van der Waals surface area contributed by atoms with E-state index >= 15 is 0 Å². The molecule has 32 heavy (non-hydrogen) atoms. The molecule has 1 atom stereocenters. The molecular weight excluding hydrogens is 420 g/mol. The molecule has 0 bridgehead atoms. The van der Waals surface area contributed by atoms with Crippen molar-refractivity contribution in [2.24, 2.45) is 5.92 Å². The second-order valence-electron chi connectivity index (χ2n) is 9.26. The Morgan fingerprint density at radius 3 is 2.59 bits per heavy atom. The van der Waals surface area contributed by atoms with Crippen LogP contribution in [0.2, 0.25) is 0 Å². The van der Waals surface area contributed by atoms with Crippen LogP contribution in [0.5, 0.6) is 5.75 Å². The van der Waals surface area contributed by atoms with Gasteiger partial charge < -0.3 is 19.1 Å². The smallest absolute Gasteiger partial charge is 0.224 e. The summed E-state index contributed by atoms with van der Waals surface area (Å²) in [5, 5.41) is 0. The molecule has 1 amide bonds. The number of hydrogen-bond acceptors (Lipinski definition) is 4. The zero-order chi connectivity index (χ0) is 22.6. The molecule has 0 aliphatic carbocycles. The van der Waals surface area contributed by atoms with E-state index in [4.69, 9.17) is 4.74 Å². The Morgan fingerprint density at radius 1 is 1.12 bits per heavy atom. The molecule has 2 aromatic rings. The fourth-order valence-corrected chi connectivity index (χ4v) is 6.75. The van der Waals surface area contributed by atoms with E-state index in [9.17, 15) is 9.35 Å². The monoisotopic (exact) mass is 456 g/mol. The standard InChI is InChI=1S/C26H36N2O3S/c1-31-24-8-9-25-23(19-24)20-28(16-17-32(25,2)30)26(29)12-15-27-13-10-22(11-14-27)18-21-6-4-3-5-7-21/h3-9,19,22,30H,10-18,20H2,1-2H3. The second-order valence-corrected chi connectivity index (χ2v) is 12.2. The zero-order valence-corrected chi connectivity index (χ0v) is 20.2. The van der Waals surface area contributed by atoms with E-state index in [0.29, 0.717) is 25.3 Å². The Kier molecular flexibility index (Phi) is 7.44. The zero-order valence-electron chi connectivity index (χ0n) is 19.3. The van der Waals surface area contributed by atoms with Gasteiger partial charge in [0.25, 0.3) is 0 Å². The number of fused-ring (bicyclic) bond motifs is 1. The van der Waals surface area contributed by atoms with E-state index in [1.165, 1.54) is 18.4 Å². The molecule has 5 nitrogen and oxygen atoms in total. The maximum absolute atomic E-state index is 13.1. The minimum Gasteiger partial charge on any atom is -0.497 e. The van der Waals surface area contributed by atoms with E-state index in [-0.39, 0.29) is 5.91 Å². The molecule has 0 spiro atoms. The number of hydrogen-bond donors (Lipinski definition) is 1. The summed E-state index contributed by atoms with van der Waals surface area (Å²) in [5.74, 6) is 2.32. The van der Waals surface area contributed by atoms with Crippen molar-refractivity contribution in [1.29, 1.82) is 0 Å². The molecule has 1 N–H and O–H groups in total. The Bertz CT molecular complexity index is 911. The fraction of sp³-hybridized carbons (Fsp3) is 0.500. The van der Waals surface area contributed by atoms with Crippen molar-refractivity contribution in [2.75, 3.05) is 45.3 Å². The van der Waals surface area contributed by atoms with Crippen LogP contribution >= 0.6 is 10.3 Å². The third-order valence-electron chi connectivity index (χ3n) is 6.93. The van der Waals surface area contributed by atoms with Gasteiger partial charge in [0.1, 0.15) is 5.75 Å². The van der Waals surface area contributed by atoms with Crippen LogP contribution in [0.1, 0.15) is 30.4 Å². The summed E-state index contributed by atoms with van der Waals surface area (Å²) in [4.78, 5) is 18.4. The van der Waals surface area contributed by atoms with Gasteiger partial charge in [-0.2, -0.15) is 0 Å². The molecule has 1 unspecified atom stereocenters. The Labute approximate surface area is 193 Å². The SMILES string of the molecule is COc1ccc2c(c1)CN(C(=O)CCN1CCC(Cc3ccccc3)CC1)CCS2(C)O. The van der Waals surface area contributed by atoms with Gasteiger partial charge in [0.05, 0.1) is 7.11 Å². The minimum atomic E-state index is -1.90. The molecule has 4 rings (SSSR count). The highest BCUT2D eigenvalue weighted by molar-refractivity contribution is 8.28. The molecule has 2 aliphatic rings. The van der Waals surface area contributed by atoms with Crippen LogP contribution in [0.15, 0.2) is 53.4 Å². The number of methoxy groups -OCH3 is 1. The van der Waals surface area contributed by atoms with Gasteiger partial charge in [0, 0.05) is 36.7 Å². The third-order valence-corrected chi connectivity index (χ3v) is 9.25. The molecule has 2 aromatic carbocycles. The fourth-order valence-electron chi connectivity index (χ4n) is 4.90. The quantitative estimate of drug-likeness (QED) is 0.688. The molecule has 6 heteroatoms. The highest BCUT2D eigenvalue weighted by Crippen LogP contribution is 2.52. The predicted molar refractivity (Wildman–Crippen MR) is 132 cm³/mol. The van der Waals surface area contributed by atoms with Gasteiger partial charge in [0.15, 0.2) is 0 Å². The van der Waals surface area contributed by atoms with Crippen molar-refractivity contribution in [3.63, 3.8) is 0 Å². The number of carbonyl (C=O) groups excluding carboxylic acids is 1. The van der Waals surface area contributed by atoms with Crippen molar-refractivity contribution < 1.29 is 14.1 Å². The summed E-state index contributed by atoms with van der Waals surface area (Å²) in [5.41, 5.74) is 2.44. The lowest BCUT2D eigenvalue weighted by Crippen LogP contribution is -2.38. The van der Waals surface area contributed by atoms with E-state index in [2.05, 4.69) is 35.2 Å². The van der Waals surface area contributed by atoms with Crippen molar-refractivity contribution in [2.45, 2.75) is 37.1 Å². The second kappa shape index (κ2) is 10.3. The van der Waals surface area contributed by atoms with Gasteiger partial charge in [-0.1, -0.05) is 30.3 Å². The van der Waals surface area contributed by atoms with E-state index < -0.39 is 10.3 Å². The van der Waals surface area contributed by atoms with E-state index in [1.54, 1.807) is 7.11 Å². The predicted octanol–water partition coefficient (Wildman–Crippen LogP) is 4.65. The number of ether oxygens (including phenoxy) is 1. The molecule has 2 aliphatic heterocycles. The van der Waals surface area contributed by atoms with Gasteiger partial charge in [-0.25, -0.2) is 0 Å². The van der Waals surface area contributed by atoms with Crippen LogP contribution in [0, 0.1) is 5.92 Å². The summed E-state index contributed by atoms with van der Waals surface area (Å²) < 4.78 is 16.4. The van der Waals surface area contributed by atoms with Gasteiger partial charge in [-0.15, -0.1) is 10.3 Å². The average Bonchev–Trinajstić information content (AvgIpc) is 2.94. The number of rotatable bonds is 6. The first-order valence-electron chi connectivity index (χ1n) is 11.6. The van der Waals surface area contributed by atoms with E-state index in [1.807, 2.05) is 29.4 Å². The molecule has 2 heterocycles. The number of likely N-dealkylation sites (tertiary alicyclic amines) is 1. The molecular formula is C26H36N2O3S. The van der Waals surface area contributed by atoms with Crippen LogP contribution in [0.3, 0.4) is 0 Å². The van der Waals surface area contributed by atoms with Gasteiger partial charge in [0.2, 0.25) is 5.91 Å². The Balaban J connectivity index is 1.29. The highest BCUT2D eigenvalue weighted by atomic mass is 32.3. The number of carbonyl (C=O) groups is 1. The molecule has 1 fully saturated rings. The minimum absolute atomic E-state index is 0.183. The highest BCUT2D eigenvalue weighted by Gasteiger charge is 2.29. The van der Waals surface area contributed by atoms with Crippen molar-refractivity contribution in [3.8, 4) is 5.75 Å². The third kappa shape index (κ3) is 5.66. The number of nitrogens with zero attached hydrogens (tertiary/aromatic N) is 2. The summed E-state index contributed by atoms with van der Waals surface area (Å²) in [6.07, 6.45) is 6.02. The first kappa shape index (κ1) is 23.1. The van der Waals surface area contributed by atoms with Crippen LogP contribution in [0.25, 0.3) is 0 Å². The van der Waals surface area contributed by atoms with Gasteiger partial charge in [-0.05, 0) is 73.9 Å². The van der Waals surface area contributed by atoms with Crippen LogP contribution in [-0.2, 0) is 17.8 Å². The first-order chi connectivity index (χ1) is 15.4. The molecule has 0 radical (unpaired) electrons. The van der Waals surface area contributed by atoms with Crippen molar-refractivity contribution in [3.05, 3.63) is 59.7 Å². The Hall–Kier alpha value is -2.02. The summed E-state index contributed by atoms with van der Waals surface area (Å²) in [7, 11) is -0.249. The van der Waals surface area contributed by atoms with Crippen LogP contribution in [0.4, 0.5) is 0 Å². The lowest BCUT2D eigenvalue weighted by molar-refractivity contribution is -0.132. The van der Waals surface area contributed by atoms with Crippen LogP contribution < -0.4 is 4.74 Å². The first-order valence-corrected chi connectivity index (χ1v) is 13.8. The summed E-state index contributed by atoms with van der Waals surface area (Å²) in [6, 6.07) is 16.6. The van der Waals surface area contributed by atoms with Gasteiger partial charge in [-0.3, -0.25) is 4.79 Å². The lowest BCUT2D eigenvalue weighted by atomic mass is 9.90. The molecule has 0 aromatic heterocycles. The van der Waals surface area contributed by atoms with Crippen molar-refractivity contribution >= 4 is 16.2 Å². The summed E-state index contributed by atoms with van der Waals surface area (Å²) in [6.45, 7) is 4.12. The van der Waals surface area contributed by atoms with Crippen molar-refractivity contribution in [1.82, 2.24) is 9.80 Å². The normalized spacial score (nSPS) is 24.3. The average molecular weight is 457 g/mol. The molecule has 1 saturated heterocycles. The summed E-state index contributed by atoms with van der Waals surface area (Å²) >= 11 is 0. The molecule has 0 saturated carbocycles. The van der Waals surface area contributed by atoms with E-state index in [0.717, 1.165) is 48.2 Å². The van der Waals surface area contributed by atoms with Crippen LogP contribution in [-0.4, -0.2) is 65.6 Å². The molecule has 174 valence electrons. The number of amides is 1. The number of piperidine rings is 1. The Morgan fingerprint density at radius 2 is 1.88 bits per heavy atom.